The van der Waals surface area contributed by atoms with Crippen LogP contribution in [0.15, 0.2) is 18.2 Å². The molecular weight excluding hydrogens is 274 g/mol. The van der Waals surface area contributed by atoms with E-state index >= 15 is 0 Å². The minimum atomic E-state index is -0.644. The maximum atomic E-state index is 13.2. The Bertz CT molecular complexity index is 470. The number of hydrogen-bond donors (Lipinski definition) is 0. The average molecular weight is 298 g/mol. The zero-order chi connectivity index (χ0) is 16.2. The van der Waals surface area contributed by atoms with E-state index in [2.05, 4.69) is 0 Å². The molecule has 4 heteroatoms. The molecular formula is C17H24F2O2. The van der Waals surface area contributed by atoms with Gasteiger partial charge in [0, 0.05) is 12.5 Å². The molecule has 0 radical (unpaired) electrons. The molecule has 1 unspecified atom stereocenters. The SMILES string of the molecule is CC(C)CC(=O)C(OCc1cc(F)cc(F)c1)C(C)(C)C. The maximum absolute atomic E-state index is 13.2. The van der Waals surface area contributed by atoms with Crippen LogP contribution in [-0.4, -0.2) is 11.9 Å². The van der Waals surface area contributed by atoms with E-state index in [0.717, 1.165) is 6.07 Å². The van der Waals surface area contributed by atoms with Gasteiger partial charge in [-0.15, -0.1) is 0 Å². The molecule has 118 valence electrons. The number of benzene rings is 1. The van der Waals surface area contributed by atoms with Crippen LogP contribution in [0.4, 0.5) is 8.78 Å². The van der Waals surface area contributed by atoms with Crippen LogP contribution in [-0.2, 0) is 16.1 Å². The number of ether oxygens (including phenoxy) is 1. The average Bonchev–Trinajstić information content (AvgIpc) is 2.24. The molecule has 0 saturated carbocycles. The Morgan fingerprint density at radius 1 is 1.14 bits per heavy atom. The molecule has 1 atom stereocenters. The number of hydrogen-bond acceptors (Lipinski definition) is 2. The van der Waals surface area contributed by atoms with Gasteiger partial charge in [0.15, 0.2) is 5.78 Å². The second-order valence-corrected chi connectivity index (χ2v) is 6.90. The Balaban J connectivity index is 2.80. The van der Waals surface area contributed by atoms with E-state index < -0.39 is 17.7 Å². The predicted molar refractivity (Wildman–Crippen MR) is 78.9 cm³/mol. The van der Waals surface area contributed by atoms with Crippen LogP contribution in [0.5, 0.6) is 0 Å². The number of carbonyl (C=O) groups excluding carboxylic acids is 1. The van der Waals surface area contributed by atoms with Crippen molar-refractivity contribution in [2.24, 2.45) is 11.3 Å². The Morgan fingerprint density at radius 3 is 2.10 bits per heavy atom. The van der Waals surface area contributed by atoms with Crippen molar-refractivity contribution in [3.8, 4) is 0 Å². The van der Waals surface area contributed by atoms with E-state index in [1.165, 1.54) is 12.1 Å². The quantitative estimate of drug-likeness (QED) is 0.772. The highest BCUT2D eigenvalue weighted by atomic mass is 19.1. The first-order valence-electron chi connectivity index (χ1n) is 7.19. The predicted octanol–water partition coefficient (Wildman–Crippen LogP) is 4.51. The molecule has 0 saturated heterocycles. The fourth-order valence-corrected chi connectivity index (χ4v) is 2.21. The molecule has 0 heterocycles. The van der Waals surface area contributed by atoms with Crippen molar-refractivity contribution < 1.29 is 18.3 Å². The molecule has 0 aromatic heterocycles. The van der Waals surface area contributed by atoms with Gasteiger partial charge in [-0.3, -0.25) is 4.79 Å². The van der Waals surface area contributed by atoms with E-state index in [9.17, 15) is 13.6 Å². The van der Waals surface area contributed by atoms with Crippen LogP contribution in [0, 0.1) is 23.0 Å². The monoisotopic (exact) mass is 298 g/mol. The summed E-state index contributed by atoms with van der Waals surface area (Å²) < 4.78 is 32.0. The fourth-order valence-electron chi connectivity index (χ4n) is 2.21. The maximum Gasteiger partial charge on any atom is 0.162 e. The van der Waals surface area contributed by atoms with Gasteiger partial charge >= 0.3 is 0 Å². The molecule has 0 aliphatic carbocycles. The van der Waals surface area contributed by atoms with Crippen LogP contribution in [0.2, 0.25) is 0 Å². The Labute approximate surface area is 125 Å². The summed E-state index contributed by atoms with van der Waals surface area (Å²) in [6.45, 7) is 9.71. The lowest BCUT2D eigenvalue weighted by atomic mass is 9.84. The summed E-state index contributed by atoms with van der Waals surface area (Å²) in [5, 5.41) is 0. The van der Waals surface area contributed by atoms with Gasteiger partial charge in [0.2, 0.25) is 0 Å². The van der Waals surface area contributed by atoms with Crippen LogP contribution >= 0.6 is 0 Å². The van der Waals surface area contributed by atoms with Gasteiger partial charge in [-0.2, -0.15) is 0 Å². The normalized spacial score (nSPS) is 13.5. The lowest BCUT2D eigenvalue weighted by Crippen LogP contribution is -2.37. The minimum absolute atomic E-state index is 0.0143. The molecule has 1 rings (SSSR count). The zero-order valence-corrected chi connectivity index (χ0v) is 13.4. The van der Waals surface area contributed by atoms with Crippen LogP contribution in [0.3, 0.4) is 0 Å². The zero-order valence-electron chi connectivity index (χ0n) is 13.4. The summed E-state index contributed by atoms with van der Waals surface area (Å²) >= 11 is 0. The van der Waals surface area contributed by atoms with Crippen molar-refractivity contribution in [1.29, 1.82) is 0 Å². The first-order valence-corrected chi connectivity index (χ1v) is 7.19. The minimum Gasteiger partial charge on any atom is -0.365 e. The lowest BCUT2D eigenvalue weighted by molar-refractivity contribution is -0.139. The van der Waals surface area contributed by atoms with Crippen molar-refractivity contribution in [3.63, 3.8) is 0 Å². The van der Waals surface area contributed by atoms with Crippen molar-refractivity contribution >= 4 is 5.78 Å². The molecule has 0 amide bonds. The van der Waals surface area contributed by atoms with Crippen LogP contribution in [0.1, 0.15) is 46.6 Å². The first kappa shape index (κ1) is 17.8. The van der Waals surface area contributed by atoms with E-state index in [-0.39, 0.29) is 23.7 Å². The van der Waals surface area contributed by atoms with E-state index in [1.807, 2.05) is 34.6 Å². The summed E-state index contributed by atoms with van der Waals surface area (Å²) in [4.78, 5) is 12.3. The fraction of sp³-hybridized carbons (Fsp3) is 0.588. The summed E-state index contributed by atoms with van der Waals surface area (Å²) in [5.74, 6) is -1.02. The molecule has 0 fully saturated rings. The number of carbonyl (C=O) groups is 1. The highest BCUT2D eigenvalue weighted by Gasteiger charge is 2.32. The van der Waals surface area contributed by atoms with Crippen LogP contribution < -0.4 is 0 Å². The van der Waals surface area contributed by atoms with Gasteiger partial charge < -0.3 is 4.74 Å². The van der Waals surface area contributed by atoms with Crippen molar-refractivity contribution in [1.82, 2.24) is 0 Å². The molecule has 1 aromatic rings. The van der Waals surface area contributed by atoms with E-state index in [0.29, 0.717) is 12.0 Å². The van der Waals surface area contributed by atoms with Crippen molar-refractivity contribution in [3.05, 3.63) is 35.4 Å². The molecule has 1 aromatic carbocycles. The Morgan fingerprint density at radius 2 is 1.67 bits per heavy atom. The third kappa shape index (κ3) is 5.92. The standard InChI is InChI=1S/C17H24F2O2/c1-11(2)6-15(20)16(17(3,4)5)21-10-12-7-13(18)9-14(19)8-12/h7-9,11,16H,6,10H2,1-5H3. The Kier molecular flexibility index (Phi) is 6.02. The molecule has 21 heavy (non-hydrogen) atoms. The molecule has 0 aliphatic rings. The third-order valence-corrected chi connectivity index (χ3v) is 3.03. The second kappa shape index (κ2) is 7.12. The van der Waals surface area contributed by atoms with Gasteiger partial charge in [-0.05, 0) is 29.0 Å². The van der Waals surface area contributed by atoms with Gasteiger partial charge in [0.25, 0.3) is 0 Å². The summed E-state index contributed by atoms with van der Waals surface area (Å²) in [6.07, 6.45) is -0.161. The lowest BCUT2D eigenvalue weighted by Gasteiger charge is -2.30. The number of halogens is 2. The number of ketones is 1. The molecule has 0 aliphatic heterocycles. The summed E-state index contributed by atoms with van der Waals surface area (Å²) in [7, 11) is 0. The van der Waals surface area contributed by atoms with Gasteiger partial charge in [-0.1, -0.05) is 34.6 Å². The Hall–Kier alpha value is -1.29. The molecule has 0 spiro atoms. The van der Waals surface area contributed by atoms with Gasteiger partial charge in [0.05, 0.1) is 6.61 Å². The topological polar surface area (TPSA) is 26.3 Å². The van der Waals surface area contributed by atoms with Gasteiger partial charge in [0.1, 0.15) is 17.7 Å². The molecule has 0 bridgehead atoms. The van der Waals surface area contributed by atoms with Gasteiger partial charge in [-0.25, -0.2) is 8.78 Å². The van der Waals surface area contributed by atoms with Crippen LogP contribution in [0.25, 0.3) is 0 Å². The summed E-state index contributed by atoms with van der Waals surface area (Å²) in [5.41, 5.74) is 0.0248. The smallest absolute Gasteiger partial charge is 0.162 e. The number of rotatable bonds is 6. The highest BCUT2D eigenvalue weighted by molar-refractivity contribution is 5.84. The molecule has 2 nitrogen and oxygen atoms in total. The van der Waals surface area contributed by atoms with Crippen molar-refractivity contribution in [2.45, 2.75) is 53.8 Å². The number of Topliss-reactive ketones (excluding diaryl/α,β-unsaturated/α-hetero) is 1. The summed E-state index contributed by atoms with van der Waals surface area (Å²) in [6, 6.07) is 3.25. The third-order valence-electron chi connectivity index (χ3n) is 3.03. The van der Waals surface area contributed by atoms with E-state index in [4.69, 9.17) is 4.74 Å². The largest absolute Gasteiger partial charge is 0.365 e. The van der Waals surface area contributed by atoms with E-state index in [1.54, 1.807) is 0 Å². The van der Waals surface area contributed by atoms with Crippen molar-refractivity contribution in [2.75, 3.05) is 0 Å². The first-order chi connectivity index (χ1) is 9.59. The second-order valence-electron chi connectivity index (χ2n) is 6.90. The highest BCUT2D eigenvalue weighted by Crippen LogP contribution is 2.26. The molecule has 0 N–H and O–H groups in total.